The lowest BCUT2D eigenvalue weighted by molar-refractivity contribution is -0.119. The molecule has 0 spiro atoms. The molecule has 1 saturated carbocycles. The van der Waals surface area contributed by atoms with E-state index < -0.39 is 0 Å². The molecular weight excluding hydrogens is 298 g/mol. The van der Waals surface area contributed by atoms with Crippen LogP contribution in [-0.2, 0) is 16.1 Å². The average molecular weight is 315 g/mol. The first kappa shape index (κ1) is 14.7. The molecule has 2 aromatic rings. The van der Waals surface area contributed by atoms with Crippen molar-refractivity contribution < 1.29 is 9.59 Å². The van der Waals surface area contributed by atoms with Gasteiger partial charge in [-0.3, -0.25) is 9.59 Å². The Labute approximate surface area is 132 Å². The summed E-state index contributed by atoms with van der Waals surface area (Å²) < 4.78 is 0. The fourth-order valence-electron chi connectivity index (χ4n) is 2.04. The first-order valence-corrected chi connectivity index (χ1v) is 8.10. The van der Waals surface area contributed by atoms with Gasteiger partial charge in [-0.25, -0.2) is 4.98 Å². The number of benzene rings is 1. The first-order valence-electron chi connectivity index (χ1n) is 7.22. The van der Waals surface area contributed by atoms with Crippen LogP contribution in [0.15, 0.2) is 29.6 Å². The van der Waals surface area contributed by atoms with Crippen LogP contribution in [0.5, 0.6) is 0 Å². The molecule has 1 aromatic carbocycles. The van der Waals surface area contributed by atoms with Crippen LogP contribution in [0.25, 0.3) is 11.3 Å². The average Bonchev–Trinajstić information content (AvgIpc) is 3.26. The zero-order chi connectivity index (χ0) is 15.5. The van der Waals surface area contributed by atoms with Crippen molar-refractivity contribution in [3.63, 3.8) is 0 Å². The molecule has 3 rings (SSSR count). The molecule has 0 unspecified atom stereocenters. The number of carbonyl (C=O) groups is 2. The highest BCUT2D eigenvalue weighted by molar-refractivity contribution is 7.14. The normalized spacial score (nSPS) is 13.7. The Morgan fingerprint density at radius 1 is 1.27 bits per heavy atom. The summed E-state index contributed by atoms with van der Waals surface area (Å²) in [5, 5.41) is 8.21. The predicted octanol–water partition coefficient (Wildman–Crippen LogP) is 2.79. The number of hydrogen-bond donors (Lipinski definition) is 2. The summed E-state index contributed by atoms with van der Waals surface area (Å²) in [6.45, 7) is 2.02. The van der Waals surface area contributed by atoms with E-state index in [-0.39, 0.29) is 17.7 Å². The van der Waals surface area contributed by atoms with Crippen molar-refractivity contribution in [2.45, 2.75) is 26.3 Å². The number of carbonyl (C=O) groups excluding carboxylic acids is 2. The number of nitrogens with one attached hydrogen (secondary N) is 2. The lowest BCUT2D eigenvalue weighted by Gasteiger charge is -2.03. The minimum Gasteiger partial charge on any atom is -0.352 e. The van der Waals surface area contributed by atoms with Gasteiger partial charge in [0, 0.05) is 30.3 Å². The van der Waals surface area contributed by atoms with Gasteiger partial charge in [-0.15, -0.1) is 11.3 Å². The molecule has 0 bridgehead atoms. The van der Waals surface area contributed by atoms with Crippen LogP contribution in [0, 0.1) is 5.92 Å². The monoisotopic (exact) mass is 315 g/mol. The van der Waals surface area contributed by atoms with Gasteiger partial charge in [0.15, 0.2) is 5.13 Å². The molecule has 1 heterocycles. The maximum atomic E-state index is 11.7. The standard InChI is InChI=1S/C16H17N3O2S/c1-10(20)17-8-11-2-4-12(5-3-11)14-9-22-16(18-14)19-15(21)13-6-7-13/h2-5,9,13H,6-8H2,1H3,(H,17,20)(H,18,19,21). The third-order valence-electron chi connectivity index (χ3n) is 3.47. The van der Waals surface area contributed by atoms with Gasteiger partial charge in [0.1, 0.15) is 0 Å². The van der Waals surface area contributed by atoms with Crippen LogP contribution < -0.4 is 10.6 Å². The van der Waals surface area contributed by atoms with E-state index in [1.165, 1.54) is 18.3 Å². The third kappa shape index (κ3) is 3.71. The fraction of sp³-hybridized carbons (Fsp3) is 0.312. The van der Waals surface area contributed by atoms with Crippen LogP contribution in [-0.4, -0.2) is 16.8 Å². The molecule has 0 aliphatic heterocycles. The van der Waals surface area contributed by atoms with Crippen molar-refractivity contribution in [1.82, 2.24) is 10.3 Å². The van der Waals surface area contributed by atoms with Gasteiger partial charge >= 0.3 is 0 Å². The molecule has 1 fully saturated rings. The lowest BCUT2D eigenvalue weighted by Crippen LogP contribution is -2.18. The second-order valence-electron chi connectivity index (χ2n) is 5.41. The van der Waals surface area contributed by atoms with Gasteiger partial charge in [0.05, 0.1) is 5.69 Å². The SMILES string of the molecule is CC(=O)NCc1ccc(-c2csc(NC(=O)C3CC3)n2)cc1. The van der Waals surface area contributed by atoms with Crippen molar-refractivity contribution in [3.8, 4) is 11.3 Å². The van der Waals surface area contributed by atoms with Gasteiger partial charge in [-0.2, -0.15) is 0 Å². The van der Waals surface area contributed by atoms with Gasteiger partial charge in [-0.05, 0) is 18.4 Å². The Balaban J connectivity index is 1.64. The molecule has 2 amide bonds. The van der Waals surface area contributed by atoms with Crippen molar-refractivity contribution in [3.05, 3.63) is 35.2 Å². The van der Waals surface area contributed by atoms with E-state index in [4.69, 9.17) is 0 Å². The number of aromatic nitrogens is 1. The summed E-state index contributed by atoms with van der Waals surface area (Å²) in [6.07, 6.45) is 1.97. The predicted molar refractivity (Wildman–Crippen MR) is 86.4 cm³/mol. The van der Waals surface area contributed by atoms with Crippen LogP contribution in [0.3, 0.4) is 0 Å². The van der Waals surface area contributed by atoms with E-state index in [0.29, 0.717) is 11.7 Å². The minimum absolute atomic E-state index is 0.0420. The highest BCUT2D eigenvalue weighted by atomic mass is 32.1. The molecule has 114 valence electrons. The van der Waals surface area contributed by atoms with Crippen LogP contribution >= 0.6 is 11.3 Å². The molecular formula is C16H17N3O2S. The molecule has 6 heteroatoms. The summed E-state index contributed by atoms with van der Waals surface area (Å²) in [5.74, 6) is 0.214. The summed E-state index contributed by atoms with van der Waals surface area (Å²) in [6, 6.07) is 7.87. The number of nitrogens with zero attached hydrogens (tertiary/aromatic N) is 1. The molecule has 0 radical (unpaired) electrons. The van der Waals surface area contributed by atoms with Crippen LogP contribution in [0.1, 0.15) is 25.3 Å². The molecule has 0 atom stereocenters. The Hall–Kier alpha value is -2.21. The number of thiazole rings is 1. The van der Waals surface area contributed by atoms with Gasteiger partial charge in [-0.1, -0.05) is 24.3 Å². The van der Waals surface area contributed by atoms with E-state index in [0.717, 1.165) is 29.7 Å². The molecule has 22 heavy (non-hydrogen) atoms. The Bertz CT molecular complexity index is 690. The Kier molecular flexibility index (Phi) is 4.20. The molecule has 0 saturated heterocycles. The second kappa shape index (κ2) is 6.27. The largest absolute Gasteiger partial charge is 0.352 e. The zero-order valence-corrected chi connectivity index (χ0v) is 13.1. The zero-order valence-electron chi connectivity index (χ0n) is 12.3. The third-order valence-corrected chi connectivity index (χ3v) is 4.23. The highest BCUT2D eigenvalue weighted by Crippen LogP contribution is 2.31. The number of anilines is 1. The van der Waals surface area contributed by atoms with E-state index in [2.05, 4.69) is 15.6 Å². The smallest absolute Gasteiger partial charge is 0.229 e. The van der Waals surface area contributed by atoms with E-state index >= 15 is 0 Å². The minimum atomic E-state index is -0.0420. The molecule has 1 aromatic heterocycles. The van der Waals surface area contributed by atoms with Crippen molar-refractivity contribution in [2.75, 3.05) is 5.32 Å². The van der Waals surface area contributed by atoms with Crippen molar-refractivity contribution >= 4 is 28.3 Å². The van der Waals surface area contributed by atoms with E-state index in [9.17, 15) is 9.59 Å². The summed E-state index contributed by atoms with van der Waals surface area (Å²) in [7, 11) is 0. The maximum Gasteiger partial charge on any atom is 0.229 e. The Morgan fingerprint density at radius 3 is 2.64 bits per heavy atom. The summed E-state index contributed by atoms with van der Waals surface area (Å²) in [4.78, 5) is 27.1. The Morgan fingerprint density at radius 2 is 2.00 bits per heavy atom. The lowest BCUT2D eigenvalue weighted by atomic mass is 10.1. The van der Waals surface area contributed by atoms with E-state index in [1.807, 2.05) is 29.6 Å². The maximum absolute atomic E-state index is 11.7. The highest BCUT2D eigenvalue weighted by Gasteiger charge is 2.30. The van der Waals surface area contributed by atoms with Crippen molar-refractivity contribution in [1.29, 1.82) is 0 Å². The molecule has 5 nitrogen and oxygen atoms in total. The second-order valence-corrected chi connectivity index (χ2v) is 6.27. The number of hydrogen-bond acceptors (Lipinski definition) is 4. The fourth-order valence-corrected chi connectivity index (χ4v) is 2.76. The van der Waals surface area contributed by atoms with Gasteiger partial charge in [0.2, 0.25) is 11.8 Å². The number of amides is 2. The molecule has 1 aliphatic carbocycles. The van der Waals surface area contributed by atoms with E-state index in [1.54, 1.807) is 0 Å². The quantitative estimate of drug-likeness (QED) is 0.891. The van der Waals surface area contributed by atoms with Crippen LogP contribution in [0.4, 0.5) is 5.13 Å². The van der Waals surface area contributed by atoms with Gasteiger partial charge < -0.3 is 10.6 Å². The van der Waals surface area contributed by atoms with Crippen molar-refractivity contribution in [2.24, 2.45) is 5.92 Å². The van der Waals surface area contributed by atoms with Crippen LogP contribution in [0.2, 0.25) is 0 Å². The first-order chi connectivity index (χ1) is 10.6. The summed E-state index contributed by atoms with van der Waals surface area (Å²) in [5.41, 5.74) is 2.88. The topological polar surface area (TPSA) is 71.1 Å². The van der Waals surface area contributed by atoms with Gasteiger partial charge in [0.25, 0.3) is 0 Å². The molecule has 2 N–H and O–H groups in total. The molecule has 1 aliphatic rings. The number of rotatable bonds is 5. The summed E-state index contributed by atoms with van der Waals surface area (Å²) >= 11 is 1.44.